The summed E-state index contributed by atoms with van der Waals surface area (Å²) in [5, 5.41) is 10.1. The van der Waals surface area contributed by atoms with Gasteiger partial charge in [0.1, 0.15) is 41.9 Å². The maximum Gasteiger partial charge on any atom is 0.329 e. The Balaban J connectivity index is 0.000000277. The molecule has 3 fully saturated rings. The number of ether oxygens (including phenoxy) is 1. The van der Waals surface area contributed by atoms with E-state index < -0.39 is 59.8 Å². The van der Waals surface area contributed by atoms with Crippen molar-refractivity contribution in [2.24, 2.45) is 0 Å². The second-order valence-electron chi connectivity index (χ2n) is 14.0. The molecule has 0 aliphatic carbocycles. The molecule has 5 atom stereocenters. The standard InChI is InChI=1S/C21H32N4O6.C11H15N3O2.C7H6F2/c1-12-11-17(26)24-9-5-7-15(24)20(29)23(4)14(3)18(27)22-13(2)19(28)25-10-6-8-16(25)21(30)31-12;1-8-3-5-9(6-4-8)14-11(16)13-7-10(15)12-2;1-5-2-6(8)4-7(9)3-5/h12-16H,5-11H2,1-4H3,(H,22,27);3-6H,7H2,1-2H3,(H,12,15)(H2,13,14,16);2-4H,1H3. The molecule has 5 unspecified atom stereocenters. The van der Waals surface area contributed by atoms with E-state index in [9.17, 15) is 42.3 Å². The lowest BCUT2D eigenvalue weighted by molar-refractivity contribution is -0.160. The number of hydrogen-bond donors (Lipinski definition) is 4. The number of rotatable bonds is 3. The highest BCUT2D eigenvalue weighted by Gasteiger charge is 2.41. The number of halogens is 2. The van der Waals surface area contributed by atoms with Crippen LogP contribution in [-0.4, -0.2) is 120 Å². The largest absolute Gasteiger partial charge is 0.461 e. The molecule has 3 aliphatic heterocycles. The summed E-state index contributed by atoms with van der Waals surface area (Å²) in [5.74, 6) is -3.23. The highest BCUT2D eigenvalue weighted by atomic mass is 19.1. The van der Waals surface area contributed by atoms with Gasteiger partial charge in [-0.2, -0.15) is 0 Å². The minimum atomic E-state index is -0.846. The number of benzene rings is 2. The first-order chi connectivity index (χ1) is 26.4. The van der Waals surface area contributed by atoms with Gasteiger partial charge in [0.25, 0.3) is 0 Å². The predicted molar refractivity (Wildman–Crippen MR) is 203 cm³/mol. The summed E-state index contributed by atoms with van der Waals surface area (Å²) in [6, 6.07) is 7.39. The van der Waals surface area contributed by atoms with Crippen LogP contribution in [-0.2, 0) is 33.5 Å². The third-order valence-electron chi connectivity index (χ3n) is 9.49. The van der Waals surface area contributed by atoms with E-state index in [-0.39, 0.29) is 36.6 Å². The van der Waals surface area contributed by atoms with Crippen molar-refractivity contribution in [1.82, 2.24) is 30.7 Å². The molecule has 2 aromatic rings. The van der Waals surface area contributed by atoms with E-state index in [0.29, 0.717) is 50.0 Å². The second kappa shape index (κ2) is 20.9. The van der Waals surface area contributed by atoms with Crippen molar-refractivity contribution in [2.45, 2.75) is 97.0 Å². The van der Waals surface area contributed by atoms with Crippen molar-refractivity contribution in [3.05, 3.63) is 65.2 Å². The molecule has 15 nitrogen and oxygen atoms in total. The minimum absolute atomic E-state index is 0.0335. The van der Waals surface area contributed by atoms with E-state index >= 15 is 0 Å². The minimum Gasteiger partial charge on any atom is -0.461 e. The van der Waals surface area contributed by atoms with Crippen LogP contribution in [0.5, 0.6) is 0 Å². The monoisotopic (exact) mass is 785 g/mol. The van der Waals surface area contributed by atoms with Gasteiger partial charge >= 0.3 is 12.0 Å². The number of nitrogens with zero attached hydrogens (tertiary/aromatic N) is 3. The van der Waals surface area contributed by atoms with Crippen molar-refractivity contribution in [2.75, 3.05) is 39.0 Å². The van der Waals surface area contributed by atoms with Gasteiger partial charge in [-0.05, 0) is 90.1 Å². The summed E-state index contributed by atoms with van der Waals surface area (Å²) in [4.78, 5) is 90.7. The van der Waals surface area contributed by atoms with Crippen LogP contribution in [0, 0.1) is 25.5 Å². The average Bonchev–Trinajstić information content (AvgIpc) is 3.84. The summed E-state index contributed by atoms with van der Waals surface area (Å²) in [7, 11) is 3.05. The van der Waals surface area contributed by atoms with Gasteiger partial charge < -0.3 is 40.7 Å². The van der Waals surface area contributed by atoms with Crippen LogP contribution < -0.4 is 21.3 Å². The second-order valence-corrected chi connectivity index (χ2v) is 14.0. The lowest BCUT2D eigenvalue weighted by atomic mass is 10.1. The zero-order valence-corrected chi connectivity index (χ0v) is 32.9. The fraction of sp³-hybridized carbons (Fsp3) is 0.513. The number of nitrogens with one attached hydrogen (secondary N) is 4. The normalized spacial score (nSPS) is 23.0. The van der Waals surface area contributed by atoms with E-state index in [4.69, 9.17) is 4.74 Å². The number of amides is 7. The molecule has 306 valence electrons. The lowest BCUT2D eigenvalue weighted by Crippen LogP contribution is -2.56. The van der Waals surface area contributed by atoms with E-state index in [0.717, 1.165) is 11.6 Å². The first kappa shape index (κ1) is 44.8. The Morgan fingerprint density at radius 3 is 2.02 bits per heavy atom. The fourth-order valence-corrected chi connectivity index (χ4v) is 6.28. The molecule has 3 heterocycles. The lowest BCUT2D eigenvalue weighted by Gasteiger charge is -2.33. The highest BCUT2D eigenvalue weighted by Crippen LogP contribution is 2.24. The van der Waals surface area contributed by atoms with E-state index in [1.54, 1.807) is 39.8 Å². The van der Waals surface area contributed by atoms with Gasteiger partial charge in [0.05, 0.1) is 13.0 Å². The molecule has 0 radical (unpaired) electrons. The van der Waals surface area contributed by atoms with Gasteiger partial charge in [-0.15, -0.1) is 0 Å². The molecular formula is C39H53F2N7O8. The molecule has 17 heteroatoms. The van der Waals surface area contributed by atoms with Crippen molar-refractivity contribution < 1.29 is 47.1 Å². The number of esters is 1. The van der Waals surface area contributed by atoms with Gasteiger partial charge in [-0.25, -0.2) is 18.4 Å². The summed E-state index contributed by atoms with van der Waals surface area (Å²) in [6.07, 6.45) is 1.63. The molecule has 56 heavy (non-hydrogen) atoms. The maximum absolute atomic E-state index is 13.0. The summed E-state index contributed by atoms with van der Waals surface area (Å²) < 4.78 is 29.9. The van der Waals surface area contributed by atoms with Gasteiger partial charge in [0.15, 0.2) is 0 Å². The quantitative estimate of drug-likeness (QED) is 0.342. The van der Waals surface area contributed by atoms with Crippen LogP contribution >= 0.6 is 0 Å². The fourth-order valence-electron chi connectivity index (χ4n) is 6.28. The highest BCUT2D eigenvalue weighted by molar-refractivity contribution is 5.95. The third-order valence-corrected chi connectivity index (χ3v) is 9.49. The Labute approximate surface area is 325 Å². The molecule has 0 saturated carbocycles. The number of carbonyl (C=O) groups is 7. The Bertz CT molecular complexity index is 1690. The molecule has 0 spiro atoms. The Kier molecular flexibility index (Phi) is 16.7. The van der Waals surface area contributed by atoms with Crippen molar-refractivity contribution in [1.29, 1.82) is 0 Å². The first-order valence-electron chi connectivity index (χ1n) is 18.5. The van der Waals surface area contributed by atoms with Gasteiger partial charge in [0, 0.05) is 38.9 Å². The summed E-state index contributed by atoms with van der Waals surface area (Å²) >= 11 is 0. The van der Waals surface area contributed by atoms with Crippen LogP contribution in [0.2, 0.25) is 0 Å². The number of urea groups is 1. The third kappa shape index (κ3) is 13.0. The summed E-state index contributed by atoms with van der Waals surface area (Å²) in [6.45, 7) is 9.23. The Morgan fingerprint density at radius 2 is 1.43 bits per heavy atom. The van der Waals surface area contributed by atoms with Crippen LogP contribution in [0.3, 0.4) is 0 Å². The molecule has 2 aromatic carbocycles. The van der Waals surface area contributed by atoms with Gasteiger partial charge in [-0.1, -0.05) is 17.7 Å². The van der Waals surface area contributed by atoms with Crippen molar-refractivity contribution in [3.63, 3.8) is 0 Å². The zero-order valence-electron chi connectivity index (χ0n) is 32.9. The predicted octanol–water partition coefficient (Wildman–Crippen LogP) is 2.79. The van der Waals surface area contributed by atoms with Crippen LogP contribution in [0.15, 0.2) is 42.5 Å². The number of hydrogen-bond acceptors (Lipinski definition) is 8. The number of fused-ring (bicyclic) bond motifs is 2. The smallest absolute Gasteiger partial charge is 0.329 e. The molecule has 0 aromatic heterocycles. The molecule has 3 saturated heterocycles. The molecule has 4 N–H and O–H groups in total. The van der Waals surface area contributed by atoms with Crippen molar-refractivity contribution >= 4 is 47.2 Å². The molecule has 5 rings (SSSR count). The Hall–Kier alpha value is -5.61. The van der Waals surface area contributed by atoms with E-state index in [1.807, 2.05) is 19.1 Å². The summed E-state index contributed by atoms with van der Waals surface area (Å²) in [5.41, 5.74) is 2.42. The van der Waals surface area contributed by atoms with Crippen LogP contribution in [0.1, 0.15) is 64.0 Å². The van der Waals surface area contributed by atoms with Gasteiger partial charge in [-0.3, -0.25) is 24.0 Å². The number of likely N-dealkylation sites (N-methyl/N-ethyl adjacent to an activating group) is 2. The van der Waals surface area contributed by atoms with Gasteiger partial charge in [0.2, 0.25) is 29.5 Å². The number of aryl methyl sites for hydroxylation is 2. The van der Waals surface area contributed by atoms with Crippen molar-refractivity contribution in [3.8, 4) is 0 Å². The average molecular weight is 786 g/mol. The number of cyclic esters (lactones) is 1. The Morgan fingerprint density at radius 1 is 0.839 bits per heavy atom. The maximum atomic E-state index is 13.0. The van der Waals surface area contributed by atoms with Crippen LogP contribution in [0.4, 0.5) is 19.3 Å². The molecule has 7 amide bonds. The number of anilines is 1. The zero-order chi connectivity index (χ0) is 41.7. The molecule has 0 bridgehead atoms. The number of carbonyl (C=O) groups excluding carboxylic acids is 7. The van der Waals surface area contributed by atoms with E-state index in [2.05, 4.69) is 21.3 Å². The van der Waals surface area contributed by atoms with E-state index in [1.165, 1.54) is 40.9 Å². The van der Waals surface area contributed by atoms with Crippen LogP contribution in [0.25, 0.3) is 0 Å². The first-order valence-corrected chi connectivity index (χ1v) is 18.5. The topological polar surface area (TPSA) is 187 Å². The molecular weight excluding hydrogens is 732 g/mol. The molecule has 3 aliphatic rings. The SMILES string of the molecule is CC1CC(=O)N2CCCC2C(=O)N(C)C(C)C(=O)NC(C)C(=O)N2CCCC2C(=O)O1.CNC(=O)CNC(=O)Nc1ccc(C)cc1.Cc1cc(F)cc(F)c1.